The second kappa shape index (κ2) is 2.74. The quantitative estimate of drug-likeness (QED) is 0.619. The minimum atomic E-state index is 0.0152. The van der Waals surface area contributed by atoms with Gasteiger partial charge in [-0.05, 0) is 24.8 Å². The minimum absolute atomic E-state index is 0.0152. The van der Waals surface area contributed by atoms with Gasteiger partial charge < -0.3 is 4.79 Å². The molecule has 0 radical (unpaired) electrons. The van der Waals surface area contributed by atoms with Gasteiger partial charge in [-0.25, -0.2) is 0 Å². The molecule has 1 heteroatoms. The van der Waals surface area contributed by atoms with Crippen molar-refractivity contribution >= 4 is 6.29 Å². The van der Waals surface area contributed by atoms with Crippen LogP contribution in [0.5, 0.6) is 0 Å². The fraction of sp³-hybridized carbons (Fsp3) is 0.364. The van der Waals surface area contributed by atoms with Gasteiger partial charge in [-0.15, -0.1) is 0 Å². The van der Waals surface area contributed by atoms with E-state index in [9.17, 15) is 4.79 Å². The lowest BCUT2D eigenvalue weighted by molar-refractivity contribution is -0.112. The van der Waals surface area contributed by atoms with Crippen molar-refractivity contribution in [2.24, 2.45) is 5.41 Å². The summed E-state index contributed by atoms with van der Waals surface area (Å²) in [5, 5.41) is 0. The first-order chi connectivity index (χ1) is 5.85. The van der Waals surface area contributed by atoms with E-state index in [-0.39, 0.29) is 5.41 Å². The van der Waals surface area contributed by atoms with Crippen LogP contribution in [0.4, 0.5) is 0 Å². The van der Waals surface area contributed by atoms with Crippen molar-refractivity contribution < 1.29 is 4.79 Å². The van der Waals surface area contributed by atoms with E-state index in [1.165, 1.54) is 5.56 Å². The van der Waals surface area contributed by atoms with Crippen LogP contribution in [-0.4, -0.2) is 6.29 Å². The van der Waals surface area contributed by atoms with Gasteiger partial charge in [0.05, 0.1) is 0 Å². The van der Waals surface area contributed by atoms with E-state index in [0.29, 0.717) is 0 Å². The topological polar surface area (TPSA) is 17.1 Å². The Bertz CT molecular complexity index is 272. The Hall–Kier alpha value is -1.11. The van der Waals surface area contributed by atoms with Crippen LogP contribution in [0, 0.1) is 5.41 Å². The highest BCUT2D eigenvalue weighted by molar-refractivity contribution is 5.64. The van der Waals surface area contributed by atoms with Gasteiger partial charge >= 0.3 is 0 Å². The summed E-state index contributed by atoms with van der Waals surface area (Å²) in [5.41, 5.74) is 1.29. The number of carbonyl (C=O) groups is 1. The Balaban J connectivity index is 2.09. The molecule has 0 aromatic heterocycles. The van der Waals surface area contributed by atoms with E-state index >= 15 is 0 Å². The number of rotatable bonds is 3. The molecular formula is C11H12O. The van der Waals surface area contributed by atoms with E-state index in [1.54, 1.807) is 0 Å². The fourth-order valence-corrected chi connectivity index (χ4v) is 1.50. The molecule has 2 rings (SSSR count). The third kappa shape index (κ3) is 1.40. The molecule has 1 saturated carbocycles. The van der Waals surface area contributed by atoms with Crippen molar-refractivity contribution in [2.75, 3.05) is 0 Å². The summed E-state index contributed by atoms with van der Waals surface area (Å²) in [5.74, 6) is 0. The molecule has 0 spiro atoms. The average Bonchev–Trinajstić information content (AvgIpc) is 2.88. The van der Waals surface area contributed by atoms with Crippen molar-refractivity contribution in [3.05, 3.63) is 35.9 Å². The van der Waals surface area contributed by atoms with Crippen LogP contribution < -0.4 is 0 Å². The second-order valence-electron chi connectivity index (χ2n) is 3.64. The van der Waals surface area contributed by atoms with E-state index in [4.69, 9.17) is 0 Å². The Morgan fingerprint density at radius 1 is 1.25 bits per heavy atom. The Morgan fingerprint density at radius 2 is 1.92 bits per heavy atom. The van der Waals surface area contributed by atoms with Crippen LogP contribution in [0.25, 0.3) is 0 Å². The van der Waals surface area contributed by atoms with Crippen LogP contribution in [0.3, 0.4) is 0 Å². The van der Waals surface area contributed by atoms with Gasteiger partial charge in [-0.2, -0.15) is 0 Å². The van der Waals surface area contributed by atoms with Gasteiger partial charge in [0, 0.05) is 5.41 Å². The smallest absolute Gasteiger partial charge is 0.126 e. The zero-order valence-corrected chi connectivity index (χ0v) is 6.99. The van der Waals surface area contributed by atoms with E-state index in [0.717, 1.165) is 25.5 Å². The average molecular weight is 160 g/mol. The minimum Gasteiger partial charge on any atom is -0.303 e. The first-order valence-electron chi connectivity index (χ1n) is 4.35. The summed E-state index contributed by atoms with van der Waals surface area (Å²) < 4.78 is 0. The summed E-state index contributed by atoms with van der Waals surface area (Å²) in [6, 6.07) is 10.2. The molecule has 1 nitrogen and oxygen atoms in total. The highest BCUT2D eigenvalue weighted by atomic mass is 16.1. The molecule has 0 heterocycles. The summed E-state index contributed by atoms with van der Waals surface area (Å²) >= 11 is 0. The third-order valence-electron chi connectivity index (χ3n) is 2.54. The van der Waals surface area contributed by atoms with Crippen molar-refractivity contribution in [1.29, 1.82) is 0 Å². The van der Waals surface area contributed by atoms with Crippen LogP contribution >= 0.6 is 0 Å². The Morgan fingerprint density at radius 3 is 2.42 bits per heavy atom. The second-order valence-corrected chi connectivity index (χ2v) is 3.64. The highest BCUT2D eigenvalue weighted by Gasteiger charge is 2.42. The lowest BCUT2D eigenvalue weighted by Crippen LogP contribution is -2.05. The zero-order chi connectivity index (χ0) is 8.44. The molecule has 1 aliphatic rings. The van der Waals surface area contributed by atoms with Gasteiger partial charge in [0.2, 0.25) is 0 Å². The lowest BCUT2D eigenvalue weighted by atomic mass is 9.98. The van der Waals surface area contributed by atoms with Crippen molar-refractivity contribution in [3.8, 4) is 0 Å². The normalized spacial score (nSPS) is 18.7. The molecule has 0 N–H and O–H groups in total. The van der Waals surface area contributed by atoms with E-state index in [2.05, 4.69) is 12.1 Å². The third-order valence-corrected chi connectivity index (χ3v) is 2.54. The molecular weight excluding hydrogens is 148 g/mol. The molecule has 1 fully saturated rings. The molecule has 1 aromatic carbocycles. The summed E-state index contributed by atoms with van der Waals surface area (Å²) in [6.07, 6.45) is 4.20. The van der Waals surface area contributed by atoms with Gasteiger partial charge in [0.1, 0.15) is 6.29 Å². The van der Waals surface area contributed by atoms with Crippen LogP contribution in [0.1, 0.15) is 18.4 Å². The maximum atomic E-state index is 10.7. The number of hydrogen-bond acceptors (Lipinski definition) is 1. The number of hydrogen-bond donors (Lipinski definition) is 0. The van der Waals surface area contributed by atoms with E-state index in [1.807, 2.05) is 18.2 Å². The predicted molar refractivity (Wildman–Crippen MR) is 47.9 cm³/mol. The summed E-state index contributed by atoms with van der Waals surface area (Å²) in [6.45, 7) is 0. The summed E-state index contributed by atoms with van der Waals surface area (Å²) in [4.78, 5) is 10.7. The highest BCUT2D eigenvalue weighted by Crippen LogP contribution is 2.46. The van der Waals surface area contributed by atoms with Gasteiger partial charge in [0.25, 0.3) is 0 Å². The maximum Gasteiger partial charge on any atom is 0.126 e. The van der Waals surface area contributed by atoms with Crippen molar-refractivity contribution in [2.45, 2.75) is 19.3 Å². The van der Waals surface area contributed by atoms with Crippen LogP contribution in [-0.2, 0) is 11.2 Å². The van der Waals surface area contributed by atoms with Gasteiger partial charge in [-0.3, -0.25) is 0 Å². The molecule has 0 unspecified atom stereocenters. The lowest BCUT2D eigenvalue weighted by Gasteiger charge is -2.05. The Labute approximate surface area is 72.4 Å². The largest absolute Gasteiger partial charge is 0.303 e. The fourth-order valence-electron chi connectivity index (χ4n) is 1.50. The van der Waals surface area contributed by atoms with Crippen LogP contribution in [0.15, 0.2) is 30.3 Å². The maximum absolute atomic E-state index is 10.7. The Kier molecular flexibility index (Phi) is 1.72. The molecule has 1 aromatic rings. The summed E-state index contributed by atoms with van der Waals surface area (Å²) in [7, 11) is 0. The molecule has 1 aliphatic carbocycles. The molecule has 0 bridgehead atoms. The monoisotopic (exact) mass is 160 g/mol. The molecule has 0 aliphatic heterocycles. The van der Waals surface area contributed by atoms with E-state index < -0.39 is 0 Å². The molecule has 12 heavy (non-hydrogen) atoms. The SMILES string of the molecule is O=CC1(Cc2ccccc2)CC1. The van der Waals surface area contributed by atoms with Crippen molar-refractivity contribution in [1.82, 2.24) is 0 Å². The molecule has 0 amide bonds. The number of aldehydes is 1. The predicted octanol–water partition coefficient (Wildman–Crippen LogP) is 2.21. The number of benzene rings is 1. The molecule has 0 saturated heterocycles. The molecule has 0 atom stereocenters. The van der Waals surface area contributed by atoms with Gasteiger partial charge in [0.15, 0.2) is 0 Å². The zero-order valence-electron chi connectivity index (χ0n) is 6.99. The van der Waals surface area contributed by atoms with Gasteiger partial charge in [-0.1, -0.05) is 30.3 Å². The van der Waals surface area contributed by atoms with Crippen LogP contribution in [0.2, 0.25) is 0 Å². The molecule has 62 valence electrons. The number of carbonyl (C=O) groups excluding carboxylic acids is 1. The first-order valence-corrected chi connectivity index (χ1v) is 4.35. The standard InChI is InChI=1S/C11H12O/c12-9-11(6-7-11)8-10-4-2-1-3-5-10/h1-5,9H,6-8H2. The van der Waals surface area contributed by atoms with Crippen molar-refractivity contribution in [3.63, 3.8) is 0 Å². The first kappa shape index (κ1) is 7.53.